The maximum atomic E-state index is 14.1. The van der Waals surface area contributed by atoms with E-state index in [4.69, 9.17) is 18.9 Å². The van der Waals surface area contributed by atoms with Gasteiger partial charge in [-0.25, -0.2) is 87.6 Å². The van der Waals surface area contributed by atoms with E-state index in [1.54, 1.807) is 105 Å². The van der Waals surface area contributed by atoms with Crippen molar-refractivity contribution >= 4 is 71.3 Å². The molecule has 28 nitrogen and oxygen atoms in total. The Balaban J connectivity index is 0.000000132. The molecule has 0 bridgehead atoms. The molecule has 4 unspecified atom stereocenters. The number of imidazole rings is 4. The lowest BCUT2D eigenvalue weighted by Crippen LogP contribution is -2.64. The second-order valence-corrected chi connectivity index (χ2v) is 35.0. The lowest BCUT2D eigenvalue weighted by atomic mass is 9.88. The molecule has 12 heterocycles. The summed E-state index contributed by atoms with van der Waals surface area (Å²) in [6.45, 7) is 13.5. The van der Waals surface area contributed by atoms with Crippen LogP contribution < -0.4 is 18.9 Å². The highest BCUT2D eigenvalue weighted by Gasteiger charge is 2.50. The van der Waals surface area contributed by atoms with Crippen molar-refractivity contribution in [1.29, 1.82) is 0 Å². The zero-order chi connectivity index (χ0) is 102. The topological polar surface area (TPSA) is 252 Å². The highest BCUT2D eigenvalue weighted by molar-refractivity contribution is 6.09. The number of aliphatic imine (C=N–C) groups is 4. The van der Waals surface area contributed by atoms with Crippen molar-refractivity contribution in [2.24, 2.45) is 20.0 Å². The quantitative estimate of drug-likeness (QED) is 0.0508. The fourth-order valence-electron chi connectivity index (χ4n) is 18.4. The second kappa shape index (κ2) is 42.6. The Morgan fingerprint density at radius 1 is 0.306 bits per heavy atom. The number of amidine groups is 4. The van der Waals surface area contributed by atoms with Crippen LogP contribution in [0.4, 0.5) is 52.7 Å². The summed E-state index contributed by atoms with van der Waals surface area (Å²) in [5.41, 5.74) is 8.84. The number of amides is 4. The molecule has 40 heteroatoms. The molecule has 20 rings (SSSR count). The van der Waals surface area contributed by atoms with Gasteiger partial charge in [-0.2, -0.15) is 25.0 Å². The molecule has 744 valence electrons. The van der Waals surface area contributed by atoms with Crippen LogP contribution in [0.1, 0.15) is 137 Å². The second-order valence-electron chi connectivity index (χ2n) is 35.0. The van der Waals surface area contributed by atoms with Gasteiger partial charge in [0.05, 0.1) is 99.3 Å². The molecule has 8 aromatic carbocycles. The van der Waals surface area contributed by atoms with Gasteiger partial charge in [-0.1, -0.05) is 48.6 Å². The number of hydrazine groups is 4. The molecule has 8 aliphatic heterocycles. The Morgan fingerprint density at radius 2 is 0.556 bits per heavy atom. The first kappa shape index (κ1) is 99.9. The molecule has 4 amide bonds. The van der Waals surface area contributed by atoms with Crippen molar-refractivity contribution in [3.63, 3.8) is 0 Å². The summed E-state index contributed by atoms with van der Waals surface area (Å²) in [5, 5.41) is 14.3. The average Bonchev–Trinajstić information content (AvgIpc) is 0.884. The van der Waals surface area contributed by atoms with E-state index in [-0.39, 0.29) is 22.3 Å². The van der Waals surface area contributed by atoms with Gasteiger partial charge >= 0.3 is 0 Å². The van der Waals surface area contributed by atoms with Gasteiger partial charge in [0.1, 0.15) is 70.0 Å². The Morgan fingerprint density at radius 3 is 0.833 bits per heavy atom. The first-order valence-corrected chi connectivity index (χ1v) is 46.0. The summed E-state index contributed by atoms with van der Waals surface area (Å²) in [5.74, 6) is -15.0. The SMILES string of the molecule is COc1cc(/C=C/C2=NC(=O)C(C)(c3cc(F)c(F)c(F)c3)N3CCCCN23)ccc1-n1cnc(C)c1.COc1cc(/C=C/C2=NC(=O)C(c3cc(F)c(F)c(F)c3)N3CCCCN23)ccc1-n1cnc(C)c1.COc1cc(/C=C/C2=NC(=O)C(c3cc(F)c(F)c(F)c3)N3CCCCN23)ccc1-n1cnc(C)c1.COc1cc(/C=C/C2=NC(=O)C(c3cc(F)c(F)c(F)c3)N3CCCN23)ccc1-n1cnc(C)c1. The number of carbonyl (C=O) groups excluding carboxylic acids is 4. The molecular formula is C104H96F12N20O8. The van der Waals surface area contributed by atoms with E-state index < -0.39 is 117 Å². The Kier molecular flexibility index (Phi) is 29.6. The highest BCUT2D eigenvalue weighted by atomic mass is 19.2. The fourth-order valence-corrected chi connectivity index (χ4v) is 18.4. The zero-order valence-corrected chi connectivity index (χ0v) is 79.4. The van der Waals surface area contributed by atoms with Crippen molar-refractivity contribution < 1.29 is 90.8 Å². The number of rotatable bonds is 20. The van der Waals surface area contributed by atoms with Crippen molar-refractivity contribution in [2.45, 2.75) is 103 Å². The Labute approximate surface area is 819 Å². The van der Waals surface area contributed by atoms with Gasteiger partial charge in [0.15, 0.2) is 69.8 Å². The minimum atomic E-state index is -1.57. The van der Waals surface area contributed by atoms with Crippen molar-refractivity contribution in [3.05, 3.63) is 333 Å². The lowest BCUT2D eigenvalue weighted by molar-refractivity contribution is -0.148. The summed E-state index contributed by atoms with van der Waals surface area (Å²) >= 11 is 0. The van der Waals surface area contributed by atoms with Crippen LogP contribution in [0.2, 0.25) is 0 Å². The van der Waals surface area contributed by atoms with Crippen molar-refractivity contribution in [3.8, 4) is 45.7 Å². The summed E-state index contributed by atoms with van der Waals surface area (Å²) in [4.78, 5) is 86.2. The van der Waals surface area contributed by atoms with Gasteiger partial charge in [0, 0.05) is 77.1 Å². The predicted molar refractivity (Wildman–Crippen MR) is 512 cm³/mol. The average molecular weight is 1980 g/mol. The van der Waals surface area contributed by atoms with E-state index in [0.717, 1.165) is 161 Å². The Bertz CT molecular complexity index is 6950. The maximum absolute atomic E-state index is 14.1. The molecule has 0 N–H and O–H groups in total. The first-order chi connectivity index (χ1) is 69.3. The van der Waals surface area contributed by atoms with Gasteiger partial charge in [-0.05, 0) is 245 Å². The van der Waals surface area contributed by atoms with E-state index >= 15 is 0 Å². The van der Waals surface area contributed by atoms with Crippen molar-refractivity contribution in [1.82, 2.24) is 78.3 Å². The number of benzene rings is 8. The highest BCUT2D eigenvalue weighted by Crippen LogP contribution is 2.42. The van der Waals surface area contributed by atoms with Crippen LogP contribution in [-0.2, 0) is 24.7 Å². The third kappa shape index (κ3) is 20.7. The van der Waals surface area contributed by atoms with Gasteiger partial charge in [-0.15, -0.1) is 0 Å². The van der Waals surface area contributed by atoms with Crippen LogP contribution in [-0.4, -0.2) is 206 Å². The molecule has 0 spiro atoms. The Hall–Kier alpha value is -15.7. The molecule has 12 aromatic rings. The van der Waals surface area contributed by atoms with Crippen LogP contribution in [0.3, 0.4) is 0 Å². The fraction of sp³-hybridized carbons (Fsp3) is 0.269. The molecule has 8 aliphatic rings. The minimum absolute atomic E-state index is 0.0163. The van der Waals surface area contributed by atoms with E-state index in [0.29, 0.717) is 98.7 Å². The third-order valence-electron chi connectivity index (χ3n) is 25.4. The number of halogens is 12. The van der Waals surface area contributed by atoms with Crippen LogP contribution in [0.5, 0.6) is 23.0 Å². The summed E-state index contributed by atoms with van der Waals surface area (Å²) in [7, 11) is 6.36. The third-order valence-corrected chi connectivity index (χ3v) is 25.4. The summed E-state index contributed by atoms with van der Waals surface area (Å²) in [6.07, 6.45) is 34.3. The largest absolute Gasteiger partial charge is 0.495 e. The van der Waals surface area contributed by atoms with Crippen LogP contribution in [0, 0.1) is 97.5 Å². The number of hydrogen-bond acceptors (Lipinski definition) is 20. The molecule has 4 atom stereocenters. The van der Waals surface area contributed by atoms with E-state index in [1.807, 2.05) is 188 Å². The normalized spacial score (nSPS) is 18.9. The number of carbonyl (C=O) groups is 4. The van der Waals surface area contributed by atoms with Crippen LogP contribution >= 0.6 is 0 Å². The maximum Gasteiger partial charge on any atom is 0.274 e. The van der Waals surface area contributed by atoms with E-state index in [9.17, 15) is 71.9 Å². The number of methoxy groups -OCH3 is 4. The predicted octanol–water partition coefficient (Wildman–Crippen LogP) is 18.2. The number of aryl methyl sites for hydroxylation is 4. The van der Waals surface area contributed by atoms with Crippen LogP contribution in [0.15, 0.2) is 216 Å². The number of fused-ring (bicyclic) bond motifs is 4. The summed E-state index contributed by atoms with van der Waals surface area (Å²) < 4.78 is 195. The van der Waals surface area contributed by atoms with Gasteiger partial charge in [0.25, 0.3) is 23.6 Å². The summed E-state index contributed by atoms with van der Waals surface area (Å²) in [6, 6.07) is 26.6. The first-order valence-electron chi connectivity index (χ1n) is 46.0. The lowest BCUT2D eigenvalue weighted by Gasteiger charge is -2.51. The minimum Gasteiger partial charge on any atom is -0.495 e. The molecule has 0 radical (unpaired) electrons. The molecule has 4 fully saturated rings. The van der Waals surface area contributed by atoms with Crippen LogP contribution in [0.25, 0.3) is 47.1 Å². The molecule has 4 aromatic heterocycles. The number of ether oxygens (including phenoxy) is 4. The smallest absolute Gasteiger partial charge is 0.274 e. The molecular weight excluding hydrogens is 1890 g/mol. The number of nitrogens with zero attached hydrogens (tertiary/aromatic N) is 20. The molecule has 4 saturated heterocycles. The molecule has 0 aliphatic carbocycles. The monoisotopic (exact) mass is 1980 g/mol. The molecule has 144 heavy (non-hydrogen) atoms. The number of aromatic nitrogens is 8. The zero-order valence-electron chi connectivity index (χ0n) is 79.4. The van der Waals surface area contributed by atoms with E-state index in [1.165, 1.54) is 0 Å². The standard InChI is InChI=1S/C27H26F3N5O2.2C26H24F3N5O2.C25H22F3N5O2/c1-17-15-33(16-31-17)22-8-6-18(12-23(22)37-3)7-9-24-32-26(36)27(2,35-11-5-4-10-34(24)35)19-13-20(28)25(30)21(29)14-19;2*1-16-14-32(15-30-16)21-7-5-17(11-22(21)36-2)6-8-23-31-26(35)25(34-10-4-3-9-33(23)34)18-12-19(27)24(29)20(28)13-18;1-15-13-31(14-29-15)20-6-4-16(10-21(20)35-2)5-7-22-30-25(34)24(33-9-3-8-32(22)33)17-11-18(26)23(28)19(27)12-17/h6-9,12-16H,4-5,10-11H2,1-3H3;2*5-8,11-15,25H,3-4,9-10H2,1-2H3;4-7,10-14,24H,3,8-9H2,1-2H3/b9-7+;2*8-6+;7-5+. The van der Waals surface area contributed by atoms with E-state index in [2.05, 4.69) is 39.9 Å². The molecule has 0 saturated carbocycles. The van der Waals surface area contributed by atoms with Gasteiger partial charge in [-0.3, -0.25) is 39.2 Å². The van der Waals surface area contributed by atoms with Gasteiger partial charge in [0.2, 0.25) is 0 Å². The number of hydrogen-bond donors (Lipinski definition) is 0. The van der Waals surface area contributed by atoms with Gasteiger partial charge < -0.3 is 37.2 Å². The van der Waals surface area contributed by atoms with Crippen molar-refractivity contribution in [2.75, 3.05) is 80.8 Å².